The Hall–Kier alpha value is -1.84. The highest BCUT2D eigenvalue weighted by Crippen LogP contribution is 2.40. The molecule has 3 unspecified atom stereocenters. The number of hydrogen-bond donors (Lipinski definition) is 2. The van der Waals surface area contributed by atoms with Gasteiger partial charge in [0.1, 0.15) is 0 Å². The van der Waals surface area contributed by atoms with Crippen LogP contribution in [0, 0.1) is 18.8 Å². The Kier molecular flexibility index (Phi) is 2.81. The van der Waals surface area contributed by atoms with Crippen molar-refractivity contribution in [3.63, 3.8) is 0 Å². The fourth-order valence-electron chi connectivity index (χ4n) is 2.93. The van der Waals surface area contributed by atoms with Gasteiger partial charge >= 0.3 is 5.97 Å². The zero-order valence-electron chi connectivity index (χ0n) is 10.8. The summed E-state index contributed by atoms with van der Waals surface area (Å²) < 4.78 is 0. The number of aliphatic carboxylic acids is 1. The quantitative estimate of drug-likeness (QED) is 0.870. The monoisotopic (exact) mass is 259 g/mol. The minimum atomic E-state index is -0.859. The summed E-state index contributed by atoms with van der Waals surface area (Å²) in [6.07, 6.45) is 2.37. The fourth-order valence-corrected chi connectivity index (χ4v) is 2.93. The molecule has 0 aromatic heterocycles. The minimum absolute atomic E-state index is 0.0538. The first kappa shape index (κ1) is 12.2. The lowest BCUT2D eigenvalue weighted by atomic mass is 10.1. The van der Waals surface area contributed by atoms with E-state index in [0.29, 0.717) is 6.42 Å². The molecule has 0 radical (unpaired) electrons. The number of carboxylic acids is 1. The molecule has 2 aliphatic carbocycles. The second-order valence-electron chi connectivity index (χ2n) is 5.59. The van der Waals surface area contributed by atoms with Gasteiger partial charge in [-0.1, -0.05) is 23.8 Å². The molecule has 1 amide bonds. The number of carbonyl (C=O) groups is 2. The van der Waals surface area contributed by atoms with E-state index in [-0.39, 0.29) is 17.9 Å². The molecule has 0 bridgehead atoms. The van der Waals surface area contributed by atoms with Gasteiger partial charge in [0, 0.05) is 0 Å². The number of nitrogens with one attached hydrogen (secondary N) is 1. The summed E-state index contributed by atoms with van der Waals surface area (Å²) in [5.74, 6) is -1.76. The van der Waals surface area contributed by atoms with Crippen molar-refractivity contribution < 1.29 is 14.7 Å². The molecule has 3 atom stereocenters. The van der Waals surface area contributed by atoms with Gasteiger partial charge in [0.2, 0.25) is 5.91 Å². The van der Waals surface area contributed by atoms with Crippen LogP contribution in [0.5, 0.6) is 0 Å². The van der Waals surface area contributed by atoms with Gasteiger partial charge in [-0.3, -0.25) is 9.59 Å². The molecular formula is C15H17NO3. The van der Waals surface area contributed by atoms with Crippen LogP contribution in [0.2, 0.25) is 0 Å². The summed E-state index contributed by atoms with van der Waals surface area (Å²) >= 11 is 0. The smallest absolute Gasteiger partial charge is 0.307 e. The van der Waals surface area contributed by atoms with Gasteiger partial charge in [0.25, 0.3) is 0 Å². The van der Waals surface area contributed by atoms with Crippen LogP contribution >= 0.6 is 0 Å². The number of hydrogen-bond acceptors (Lipinski definition) is 2. The number of aryl methyl sites for hydroxylation is 2. The molecule has 0 aliphatic heterocycles. The number of benzene rings is 1. The average Bonchev–Trinajstić information content (AvgIpc) is 3.08. The van der Waals surface area contributed by atoms with Gasteiger partial charge in [0.15, 0.2) is 0 Å². The van der Waals surface area contributed by atoms with Crippen molar-refractivity contribution in [1.82, 2.24) is 5.32 Å². The highest BCUT2D eigenvalue weighted by molar-refractivity contribution is 5.89. The number of amides is 1. The molecule has 0 saturated heterocycles. The molecule has 1 aromatic carbocycles. The molecule has 1 fully saturated rings. The van der Waals surface area contributed by atoms with Crippen molar-refractivity contribution in [3.05, 3.63) is 34.9 Å². The predicted octanol–water partition coefficient (Wildman–Crippen LogP) is 1.82. The highest BCUT2D eigenvalue weighted by Gasteiger charge is 2.48. The number of fused-ring (bicyclic) bond motifs is 1. The van der Waals surface area contributed by atoms with Crippen LogP contribution < -0.4 is 5.32 Å². The van der Waals surface area contributed by atoms with Crippen LogP contribution in [0.4, 0.5) is 0 Å². The maximum absolute atomic E-state index is 12.0. The van der Waals surface area contributed by atoms with E-state index in [1.165, 1.54) is 16.7 Å². The van der Waals surface area contributed by atoms with E-state index in [2.05, 4.69) is 30.4 Å². The first-order chi connectivity index (χ1) is 9.06. The molecule has 0 heterocycles. The molecule has 4 heteroatoms. The van der Waals surface area contributed by atoms with Crippen molar-refractivity contribution in [2.24, 2.45) is 11.8 Å². The second-order valence-corrected chi connectivity index (χ2v) is 5.59. The van der Waals surface area contributed by atoms with Crippen LogP contribution in [0.3, 0.4) is 0 Å². The van der Waals surface area contributed by atoms with E-state index in [1.54, 1.807) is 0 Å². The van der Waals surface area contributed by atoms with E-state index in [4.69, 9.17) is 5.11 Å². The molecule has 2 aliphatic rings. The Labute approximate surface area is 111 Å². The fraction of sp³-hybridized carbons (Fsp3) is 0.467. The summed E-state index contributed by atoms with van der Waals surface area (Å²) in [6.45, 7) is 2.06. The molecular weight excluding hydrogens is 242 g/mol. The second kappa shape index (κ2) is 4.37. The van der Waals surface area contributed by atoms with Crippen molar-refractivity contribution in [1.29, 1.82) is 0 Å². The standard InChI is InChI=1S/C15H17NO3/c1-8-2-4-10-9(6-8)3-5-13(10)16-14(17)11-7-12(11)15(18)19/h2,4,6,11-13H,3,5,7H2,1H3,(H,16,17)(H,18,19). The van der Waals surface area contributed by atoms with Crippen molar-refractivity contribution >= 4 is 11.9 Å². The van der Waals surface area contributed by atoms with Gasteiger partial charge in [-0.15, -0.1) is 0 Å². The molecule has 0 spiro atoms. The number of rotatable bonds is 3. The largest absolute Gasteiger partial charge is 0.481 e. The van der Waals surface area contributed by atoms with Crippen LogP contribution in [0.25, 0.3) is 0 Å². The van der Waals surface area contributed by atoms with Gasteiger partial charge in [-0.05, 0) is 37.3 Å². The topological polar surface area (TPSA) is 66.4 Å². The van der Waals surface area contributed by atoms with Crippen LogP contribution in [-0.4, -0.2) is 17.0 Å². The van der Waals surface area contributed by atoms with Gasteiger partial charge < -0.3 is 10.4 Å². The van der Waals surface area contributed by atoms with E-state index >= 15 is 0 Å². The Morgan fingerprint density at radius 3 is 2.79 bits per heavy atom. The molecule has 4 nitrogen and oxygen atoms in total. The summed E-state index contributed by atoms with van der Waals surface area (Å²) in [5, 5.41) is 11.8. The van der Waals surface area contributed by atoms with E-state index in [0.717, 1.165) is 12.8 Å². The summed E-state index contributed by atoms with van der Waals surface area (Å²) in [4.78, 5) is 22.7. The third kappa shape index (κ3) is 2.23. The number of carbonyl (C=O) groups excluding carboxylic acids is 1. The zero-order chi connectivity index (χ0) is 13.6. The lowest BCUT2D eigenvalue weighted by molar-refractivity contribution is -0.140. The van der Waals surface area contributed by atoms with E-state index in [9.17, 15) is 9.59 Å². The van der Waals surface area contributed by atoms with Gasteiger partial charge in [0.05, 0.1) is 17.9 Å². The Balaban J connectivity index is 1.67. The summed E-state index contributed by atoms with van der Waals surface area (Å²) in [5.41, 5.74) is 3.72. The highest BCUT2D eigenvalue weighted by atomic mass is 16.4. The number of carboxylic acid groups (broad SMARTS) is 1. The molecule has 19 heavy (non-hydrogen) atoms. The van der Waals surface area contributed by atoms with Crippen molar-refractivity contribution in [3.8, 4) is 0 Å². The van der Waals surface area contributed by atoms with Crippen LogP contribution in [0.1, 0.15) is 35.6 Å². The zero-order valence-corrected chi connectivity index (χ0v) is 10.8. The lowest BCUT2D eigenvalue weighted by Gasteiger charge is -2.14. The molecule has 3 rings (SSSR count). The first-order valence-corrected chi connectivity index (χ1v) is 6.69. The Morgan fingerprint density at radius 1 is 1.32 bits per heavy atom. The van der Waals surface area contributed by atoms with Crippen LogP contribution in [-0.2, 0) is 16.0 Å². The first-order valence-electron chi connectivity index (χ1n) is 6.69. The molecule has 1 aromatic rings. The van der Waals surface area contributed by atoms with E-state index in [1.807, 2.05) is 0 Å². The maximum Gasteiger partial charge on any atom is 0.307 e. The third-order valence-corrected chi connectivity index (χ3v) is 4.14. The van der Waals surface area contributed by atoms with Gasteiger partial charge in [-0.2, -0.15) is 0 Å². The Morgan fingerprint density at radius 2 is 2.11 bits per heavy atom. The minimum Gasteiger partial charge on any atom is -0.481 e. The predicted molar refractivity (Wildman–Crippen MR) is 69.6 cm³/mol. The normalized spacial score (nSPS) is 27.7. The third-order valence-electron chi connectivity index (χ3n) is 4.14. The summed E-state index contributed by atoms with van der Waals surface area (Å²) in [7, 11) is 0. The SMILES string of the molecule is Cc1ccc2c(c1)CCC2NC(=O)C1CC1C(=O)O. The van der Waals surface area contributed by atoms with Crippen LogP contribution in [0.15, 0.2) is 18.2 Å². The van der Waals surface area contributed by atoms with Crippen molar-refractivity contribution in [2.75, 3.05) is 0 Å². The van der Waals surface area contributed by atoms with E-state index < -0.39 is 11.9 Å². The van der Waals surface area contributed by atoms with Crippen molar-refractivity contribution in [2.45, 2.75) is 32.2 Å². The summed E-state index contributed by atoms with van der Waals surface area (Å²) in [6, 6.07) is 6.35. The maximum atomic E-state index is 12.0. The van der Waals surface area contributed by atoms with Gasteiger partial charge in [-0.25, -0.2) is 0 Å². The molecule has 2 N–H and O–H groups in total. The average molecular weight is 259 g/mol. The molecule has 1 saturated carbocycles. The molecule has 100 valence electrons. The Bertz CT molecular complexity index is 552. The lowest BCUT2D eigenvalue weighted by Crippen LogP contribution is -2.29.